The average Bonchev–Trinajstić information content (AvgIpc) is 3.47. The molecule has 1 saturated heterocycles. The Morgan fingerprint density at radius 3 is 2.76 bits per heavy atom. The minimum atomic E-state index is -0.434. The Balaban J connectivity index is 1.20. The lowest BCUT2D eigenvalue weighted by Crippen LogP contribution is -2.35. The number of nitrogens with zero attached hydrogens (tertiary/aromatic N) is 5. The van der Waals surface area contributed by atoms with Crippen molar-refractivity contribution >= 4 is 28.5 Å². The number of nitrogens with one attached hydrogen (secondary N) is 1. The van der Waals surface area contributed by atoms with Gasteiger partial charge in [0.05, 0.1) is 25.2 Å². The van der Waals surface area contributed by atoms with Gasteiger partial charge in [0, 0.05) is 25.2 Å². The molecule has 5 rings (SSSR count). The molecule has 0 bridgehead atoms. The van der Waals surface area contributed by atoms with E-state index < -0.39 is 5.92 Å². The molecule has 9 nitrogen and oxygen atoms in total. The topological polar surface area (TPSA) is 102 Å². The Labute approximate surface area is 212 Å². The molecule has 2 aromatic carbocycles. The number of fused-ring (bicyclic) bond motifs is 1. The molecule has 1 aliphatic heterocycles. The summed E-state index contributed by atoms with van der Waals surface area (Å²) in [7, 11) is 0. The van der Waals surface area contributed by atoms with Crippen LogP contribution in [0.15, 0.2) is 59.8 Å². The summed E-state index contributed by atoms with van der Waals surface area (Å²) in [6, 6.07) is 11.9. The maximum Gasteiger partial charge on any atom is 0.264 e. The summed E-state index contributed by atoms with van der Waals surface area (Å²) in [4.78, 5) is 44.2. The van der Waals surface area contributed by atoms with Crippen molar-refractivity contribution in [2.24, 2.45) is 5.92 Å². The van der Waals surface area contributed by atoms with Crippen molar-refractivity contribution < 1.29 is 14.0 Å². The van der Waals surface area contributed by atoms with E-state index in [4.69, 9.17) is 0 Å². The monoisotopic (exact) mass is 502 g/mol. The Bertz CT molecular complexity index is 1560. The van der Waals surface area contributed by atoms with Gasteiger partial charge in [-0.3, -0.25) is 19.0 Å². The van der Waals surface area contributed by atoms with Crippen molar-refractivity contribution in [1.29, 1.82) is 0 Å². The molecular weight excluding hydrogens is 475 g/mol. The van der Waals surface area contributed by atoms with Crippen LogP contribution in [0.4, 0.5) is 10.1 Å². The van der Waals surface area contributed by atoms with Gasteiger partial charge in [0.15, 0.2) is 5.65 Å². The molecule has 190 valence electrons. The standard InChI is InChI=1S/C27H27FN6O3/c1-17-6-7-22(10-18(17)2)33-15-20(12-24(33)35)26(36)29-8-9-34-25-23(13-31-34)27(37)32(16-30-25)14-19-4-3-5-21(28)11-19/h3-7,10-11,13,16,20H,8-9,12,14-15H2,1-2H3,(H,29,36). The number of aromatic nitrogens is 4. The number of benzene rings is 2. The maximum absolute atomic E-state index is 13.5. The summed E-state index contributed by atoms with van der Waals surface area (Å²) in [6.45, 7) is 5.14. The number of hydrogen-bond donors (Lipinski definition) is 1. The highest BCUT2D eigenvalue weighted by molar-refractivity contribution is 6.00. The van der Waals surface area contributed by atoms with Crippen LogP contribution in [0, 0.1) is 25.6 Å². The molecule has 1 unspecified atom stereocenters. The second-order valence-electron chi connectivity index (χ2n) is 9.38. The molecule has 1 aliphatic rings. The predicted molar refractivity (Wildman–Crippen MR) is 137 cm³/mol. The van der Waals surface area contributed by atoms with Gasteiger partial charge in [-0.15, -0.1) is 0 Å². The molecule has 3 heterocycles. The Hall–Kier alpha value is -4.34. The normalized spacial score (nSPS) is 15.5. The van der Waals surface area contributed by atoms with E-state index in [9.17, 15) is 18.8 Å². The van der Waals surface area contributed by atoms with Gasteiger partial charge in [-0.05, 0) is 54.8 Å². The van der Waals surface area contributed by atoms with Crippen LogP contribution in [0.2, 0.25) is 0 Å². The Kier molecular flexibility index (Phi) is 6.56. The molecule has 0 spiro atoms. The molecule has 1 N–H and O–H groups in total. The number of hydrogen-bond acceptors (Lipinski definition) is 5. The largest absolute Gasteiger partial charge is 0.354 e. The number of rotatable bonds is 7. The van der Waals surface area contributed by atoms with Crippen LogP contribution in [0.1, 0.15) is 23.1 Å². The molecule has 1 fully saturated rings. The van der Waals surface area contributed by atoms with E-state index in [0.717, 1.165) is 16.8 Å². The van der Waals surface area contributed by atoms with Crippen LogP contribution < -0.4 is 15.8 Å². The first-order valence-corrected chi connectivity index (χ1v) is 12.1. The van der Waals surface area contributed by atoms with Gasteiger partial charge < -0.3 is 10.2 Å². The predicted octanol–water partition coefficient (Wildman–Crippen LogP) is 2.57. The molecule has 0 radical (unpaired) electrons. The van der Waals surface area contributed by atoms with E-state index >= 15 is 0 Å². The fraction of sp³-hybridized carbons (Fsp3) is 0.296. The first-order valence-electron chi connectivity index (χ1n) is 12.1. The van der Waals surface area contributed by atoms with E-state index in [1.807, 2.05) is 32.0 Å². The van der Waals surface area contributed by atoms with Crippen LogP contribution in [-0.4, -0.2) is 44.2 Å². The van der Waals surface area contributed by atoms with Gasteiger partial charge >= 0.3 is 0 Å². The molecule has 4 aromatic rings. The second kappa shape index (κ2) is 9.96. The molecule has 0 aliphatic carbocycles. The van der Waals surface area contributed by atoms with E-state index in [-0.39, 0.29) is 42.7 Å². The van der Waals surface area contributed by atoms with E-state index in [0.29, 0.717) is 29.7 Å². The zero-order valence-corrected chi connectivity index (χ0v) is 20.6. The van der Waals surface area contributed by atoms with Gasteiger partial charge in [0.25, 0.3) is 5.56 Å². The highest BCUT2D eigenvalue weighted by Gasteiger charge is 2.35. The second-order valence-corrected chi connectivity index (χ2v) is 9.38. The van der Waals surface area contributed by atoms with E-state index in [1.54, 1.807) is 21.7 Å². The van der Waals surface area contributed by atoms with E-state index in [1.165, 1.54) is 29.2 Å². The SMILES string of the molecule is Cc1ccc(N2CC(C(=O)NCCn3ncc4c(=O)n(Cc5cccc(F)c5)cnc43)CC2=O)cc1C. The zero-order valence-electron chi connectivity index (χ0n) is 20.6. The lowest BCUT2D eigenvalue weighted by Gasteiger charge is -2.18. The number of aryl methyl sites for hydroxylation is 2. The van der Waals surface area contributed by atoms with Crippen molar-refractivity contribution in [2.45, 2.75) is 33.4 Å². The van der Waals surface area contributed by atoms with Crippen LogP contribution in [0.5, 0.6) is 0 Å². The highest BCUT2D eigenvalue weighted by Crippen LogP contribution is 2.27. The van der Waals surface area contributed by atoms with Crippen LogP contribution in [0.25, 0.3) is 11.0 Å². The molecule has 37 heavy (non-hydrogen) atoms. The van der Waals surface area contributed by atoms with Gasteiger partial charge in [-0.2, -0.15) is 5.10 Å². The third-order valence-corrected chi connectivity index (χ3v) is 6.79. The summed E-state index contributed by atoms with van der Waals surface area (Å²) >= 11 is 0. The third kappa shape index (κ3) is 5.00. The minimum absolute atomic E-state index is 0.0693. The molecule has 2 amide bonds. The average molecular weight is 503 g/mol. The molecular formula is C27H27FN6O3. The lowest BCUT2D eigenvalue weighted by molar-refractivity contribution is -0.126. The van der Waals surface area contributed by atoms with Crippen LogP contribution in [0.3, 0.4) is 0 Å². The van der Waals surface area contributed by atoms with Crippen molar-refractivity contribution in [2.75, 3.05) is 18.0 Å². The first kappa shape index (κ1) is 24.4. The molecule has 2 aromatic heterocycles. The molecule has 10 heteroatoms. The van der Waals surface area contributed by atoms with Gasteiger partial charge in [0.2, 0.25) is 11.8 Å². The quantitative estimate of drug-likeness (QED) is 0.419. The molecule has 1 atom stereocenters. The maximum atomic E-state index is 13.5. The summed E-state index contributed by atoms with van der Waals surface area (Å²) in [5.74, 6) is -1.06. The van der Waals surface area contributed by atoms with Crippen molar-refractivity contribution in [3.63, 3.8) is 0 Å². The van der Waals surface area contributed by atoms with Gasteiger partial charge in [-0.25, -0.2) is 14.1 Å². The van der Waals surface area contributed by atoms with Crippen molar-refractivity contribution in [3.05, 3.63) is 87.9 Å². The summed E-state index contributed by atoms with van der Waals surface area (Å²) in [5, 5.41) is 7.48. The Morgan fingerprint density at radius 2 is 1.97 bits per heavy atom. The first-order chi connectivity index (χ1) is 17.8. The van der Waals surface area contributed by atoms with E-state index in [2.05, 4.69) is 15.4 Å². The smallest absolute Gasteiger partial charge is 0.264 e. The zero-order chi connectivity index (χ0) is 26.1. The lowest BCUT2D eigenvalue weighted by atomic mass is 10.1. The van der Waals surface area contributed by atoms with Gasteiger partial charge in [-0.1, -0.05) is 18.2 Å². The number of anilines is 1. The fourth-order valence-electron chi connectivity index (χ4n) is 4.56. The summed E-state index contributed by atoms with van der Waals surface area (Å²) in [6.07, 6.45) is 3.03. The Morgan fingerprint density at radius 1 is 1.14 bits per heavy atom. The molecule has 0 saturated carbocycles. The van der Waals surface area contributed by atoms with Crippen molar-refractivity contribution in [1.82, 2.24) is 24.6 Å². The number of carbonyl (C=O) groups excluding carboxylic acids is 2. The van der Waals surface area contributed by atoms with Crippen LogP contribution >= 0.6 is 0 Å². The van der Waals surface area contributed by atoms with Crippen LogP contribution in [-0.2, 0) is 22.7 Å². The number of halogens is 1. The third-order valence-electron chi connectivity index (χ3n) is 6.79. The number of carbonyl (C=O) groups is 2. The number of amides is 2. The fourth-order valence-corrected chi connectivity index (χ4v) is 4.56. The minimum Gasteiger partial charge on any atom is -0.354 e. The summed E-state index contributed by atoms with van der Waals surface area (Å²) in [5.41, 5.74) is 3.84. The summed E-state index contributed by atoms with van der Waals surface area (Å²) < 4.78 is 16.4. The van der Waals surface area contributed by atoms with Gasteiger partial charge in [0.1, 0.15) is 17.5 Å². The highest BCUT2D eigenvalue weighted by atomic mass is 19.1. The van der Waals surface area contributed by atoms with Crippen molar-refractivity contribution in [3.8, 4) is 0 Å².